The highest BCUT2D eigenvalue weighted by atomic mass is 32.1. The van der Waals surface area contributed by atoms with E-state index in [1.165, 1.54) is 0 Å². The van der Waals surface area contributed by atoms with Crippen molar-refractivity contribution in [3.63, 3.8) is 0 Å². The Morgan fingerprint density at radius 2 is 1.81 bits per heavy atom. The molecule has 7 nitrogen and oxygen atoms in total. The molecule has 0 bridgehead atoms. The molecule has 0 saturated carbocycles. The summed E-state index contributed by atoms with van der Waals surface area (Å²) in [6.45, 7) is 0.743. The van der Waals surface area contributed by atoms with Gasteiger partial charge in [-0.05, 0) is 42.5 Å². The summed E-state index contributed by atoms with van der Waals surface area (Å²) in [7, 11) is 3.13. The number of benzene rings is 2. The van der Waals surface area contributed by atoms with Crippen LogP contribution >= 0.6 is 12.2 Å². The van der Waals surface area contributed by atoms with Gasteiger partial charge in [0.25, 0.3) is 11.8 Å². The number of hydrogen-bond acceptors (Lipinski definition) is 5. The molecule has 3 N–H and O–H groups in total. The molecule has 0 aromatic heterocycles. The maximum absolute atomic E-state index is 12.5. The lowest BCUT2D eigenvalue weighted by atomic mass is 10.2. The van der Waals surface area contributed by atoms with Gasteiger partial charge in [0, 0.05) is 25.4 Å². The van der Waals surface area contributed by atoms with Crippen molar-refractivity contribution in [3.05, 3.63) is 59.7 Å². The monoisotopic (exact) mass is 387 g/mol. The number of amides is 2. The molecule has 2 aromatic carbocycles. The summed E-state index contributed by atoms with van der Waals surface area (Å²) in [6, 6.07) is 13.6. The normalized spacial score (nSPS) is 10.0. The second-order valence-corrected chi connectivity index (χ2v) is 5.81. The summed E-state index contributed by atoms with van der Waals surface area (Å²) >= 11 is 5.19. The Morgan fingerprint density at radius 3 is 2.56 bits per heavy atom. The Labute approximate surface area is 163 Å². The van der Waals surface area contributed by atoms with E-state index < -0.39 is 5.91 Å². The molecule has 0 aliphatic heterocycles. The summed E-state index contributed by atoms with van der Waals surface area (Å²) in [5, 5.41) is 8.16. The van der Waals surface area contributed by atoms with Crippen LogP contribution in [0, 0.1) is 0 Å². The fraction of sp³-hybridized carbons (Fsp3) is 0.211. The van der Waals surface area contributed by atoms with Crippen LogP contribution in [-0.2, 0) is 4.74 Å². The summed E-state index contributed by atoms with van der Waals surface area (Å²) in [6.07, 6.45) is 0. The minimum atomic E-state index is -0.400. The van der Waals surface area contributed by atoms with Gasteiger partial charge in [-0.2, -0.15) is 0 Å². The van der Waals surface area contributed by atoms with Crippen molar-refractivity contribution in [1.82, 2.24) is 10.6 Å². The van der Waals surface area contributed by atoms with E-state index in [1.54, 1.807) is 62.7 Å². The third-order valence-electron chi connectivity index (χ3n) is 3.51. The second kappa shape index (κ2) is 10.2. The Balaban J connectivity index is 2.02. The third kappa shape index (κ3) is 6.05. The topological polar surface area (TPSA) is 88.7 Å². The molecule has 0 spiro atoms. The van der Waals surface area contributed by atoms with Gasteiger partial charge >= 0.3 is 0 Å². The van der Waals surface area contributed by atoms with Crippen LogP contribution in [0.2, 0.25) is 0 Å². The summed E-state index contributed by atoms with van der Waals surface area (Å²) in [5.74, 6) is -0.171. The van der Waals surface area contributed by atoms with Gasteiger partial charge in [0.15, 0.2) is 5.11 Å². The molecule has 142 valence electrons. The quantitative estimate of drug-likeness (QED) is 0.499. The molecule has 2 rings (SSSR count). The number of nitrogens with one attached hydrogen (secondary N) is 3. The van der Waals surface area contributed by atoms with Gasteiger partial charge in [0.1, 0.15) is 12.4 Å². The van der Waals surface area contributed by atoms with Crippen LogP contribution in [0.15, 0.2) is 48.5 Å². The van der Waals surface area contributed by atoms with Gasteiger partial charge in [-0.25, -0.2) is 0 Å². The molecular formula is C19H21N3O4S. The lowest BCUT2D eigenvalue weighted by molar-refractivity contribution is 0.0957. The Bertz CT molecular complexity index is 826. The zero-order valence-electron chi connectivity index (χ0n) is 15.1. The average molecular weight is 387 g/mol. The molecule has 0 fully saturated rings. The first-order valence-corrected chi connectivity index (χ1v) is 8.61. The number of rotatable bonds is 7. The van der Waals surface area contributed by atoms with E-state index in [-0.39, 0.29) is 11.0 Å². The van der Waals surface area contributed by atoms with Crippen LogP contribution in [0.3, 0.4) is 0 Å². The first kappa shape index (κ1) is 20.3. The zero-order valence-corrected chi connectivity index (χ0v) is 15.9. The summed E-state index contributed by atoms with van der Waals surface area (Å²) in [4.78, 5) is 24.2. The molecule has 8 heteroatoms. The van der Waals surface area contributed by atoms with Crippen LogP contribution in [0.5, 0.6) is 5.75 Å². The number of thiocarbonyl (C=S) groups is 1. The van der Waals surface area contributed by atoms with E-state index in [4.69, 9.17) is 21.7 Å². The van der Waals surface area contributed by atoms with E-state index in [2.05, 4.69) is 16.0 Å². The van der Waals surface area contributed by atoms with Crippen molar-refractivity contribution in [2.24, 2.45) is 0 Å². The number of carbonyl (C=O) groups excluding carboxylic acids is 2. The summed E-state index contributed by atoms with van der Waals surface area (Å²) < 4.78 is 10.5. The lowest BCUT2D eigenvalue weighted by Crippen LogP contribution is -2.34. The molecule has 0 unspecified atom stereocenters. The number of hydrogen-bond donors (Lipinski definition) is 3. The van der Waals surface area contributed by atoms with E-state index in [0.29, 0.717) is 35.8 Å². The predicted octanol–water partition coefficient (Wildman–Crippen LogP) is 2.20. The second-order valence-electron chi connectivity index (χ2n) is 5.41. The van der Waals surface area contributed by atoms with Crippen molar-refractivity contribution in [2.75, 3.05) is 32.7 Å². The van der Waals surface area contributed by atoms with E-state index in [9.17, 15) is 9.59 Å². The Morgan fingerprint density at radius 1 is 1.04 bits per heavy atom. The van der Waals surface area contributed by atoms with Crippen molar-refractivity contribution in [2.45, 2.75) is 0 Å². The first-order chi connectivity index (χ1) is 13.0. The Hall–Kier alpha value is -2.97. The maximum atomic E-state index is 12.5. The largest absolute Gasteiger partial charge is 0.490 e. The molecule has 0 heterocycles. The molecule has 0 aliphatic rings. The standard InChI is InChI=1S/C19H21N3O4S/c1-20-17(23)13-6-5-7-14(12-13)21-19(27)22-18(24)15-8-3-4-9-16(15)26-11-10-25-2/h3-9,12H,10-11H2,1-2H3,(H,20,23)(H2,21,22,24,27). The van der Waals surface area contributed by atoms with Crippen LogP contribution in [-0.4, -0.2) is 44.3 Å². The van der Waals surface area contributed by atoms with Crippen molar-refractivity contribution < 1.29 is 19.1 Å². The molecule has 0 aliphatic carbocycles. The Kier molecular flexibility index (Phi) is 7.72. The SMILES string of the molecule is CNC(=O)c1cccc(NC(=S)NC(=O)c2ccccc2OCCOC)c1. The van der Waals surface area contributed by atoms with Crippen molar-refractivity contribution in [1.29, 1.82) is 0 Å². The van der Waals surface area contributed by atoms with Gasteiger partial charge in [-0.3, -0.25) is 14.9 Å². The van der Waals surface area contributed by atoms with Crippen molar-refractivity contribution in [3.8, 4) is 5.75 Å². The van der Waals surface area contributed by atoms with Gasteiger partial charge in [-0.15, -0.1) is 0 Å². The van der Waals surface area contributed by atoms with E-state index >= 15 is 0 Å². The minimum Gasteiger partial charge on any atom is -0.490 e. The number of para-hydroxylation sites is 1. The highest BCUT2D eigenvalue weighted by Gasteiger charge is 2.14. The zero-order chi connectivity index (χ0) is 19.6. The highest BCUT2D eigenvalue weighted by molar-refractivity contribution is 7.80. The van der Waals surface area contributed by atoms with Crippen LogP contribution in [0.1, 0.15) is 20.7 Å². The highest BCUT2D eigenvalue weighted by Crippen LogP contribution is 2.18. The smallest absolute Gasteiger partial charge is 0.261 e. The van der Waals surface area contributed by atoms with Crippen LogP contribution in [0.25, 0.3) is 0 Å². The lowest BCUT2D eigenvalue weighted by Gasteiger charge is -2.13. The average Bonchev–Trinajstić information content (AvgIpc) is 2.68. The summed E-state index contributed by atoms with van der Waals surface area (Å²) in [5.41, 5.74) is 1.43. The van der Waals surface area contributed by atoms with Gasteiger partial charge in [-0.1, -0.05) is 18.2 Å². The molecule has 0 radical (unpaired) electrons. The minimum absolute atomic E-state index is 0.112. The van der Waals surface area contributed by atoms with Gasteiger partial charge < -0.3 is 20.1 Å². The molecule has 2 aromatic rings. The van der Waals surface area contributed by atoms with Gasteiger partial charge in [0.2, 0.25) is 0 Å². The fourth-order valence-electron chi connectivity index (χ4n) is 2.23. The van der Waals surface area contributed by atoms with Gasteiger partial charge in [0.05, 0.1) is 12.2 Å². The molecule has 2 amide bonds. The predicted molar refractivity (Wildman–Crippen MR) is 107 cm³/mol. The van der Waals surface area contributed by atoms with E-state index in [0.717, 1.165) is 0 Å². The van der Waals surface area contributed by atoms with E-state index in [1.807, 2.05) is 0 Å². The maximum Gasteiger partial charge on any atom is 0.261 e. The fourth-order valence-corrected chi connectivity index (χ4v) is 2.44. The van der Waals surface area contributed by atoms with Crippen LogP contribution < -0.4 is 20.7 Å². The number of ether oxygens (including phenoxy) is 2. The van der Waals surface area contributed by atoms with Crippen LogP contribution in [0.4, 0.5) is 5.69 Å². The molecule has 0 saturated heterocycles. The number of anilines is 1. The molecule has 0 atom stereocenters. The third-order valence-corrected chi connectivity index (χ3v) is 3.72. The van der Waals surface area contributed by atoms with Crippen molar-refractivity contribution >= 4 is 34.8 Å². The molecular weight excluding hydrogens is 366 g/mol. The first-order valence-electron chi connectivity index (χ1n) is 8.20. The molecule has 27 heavy (non-hydrogen) atoms. The number of carbonyl (C=O) groups is 2. The number of methoxy groups -OCH3 is 1.